The van der Waals surface area contributed by atoms with Crippen molar-refractivity contribution in [1.82, 2.24) is 14.9 Å². The van der Waals surface area contributed by atoms with Gasteiger partial charge in [-0.05, 0) is 45.1 Å². The molecular formula is C21H25N5O. The predicted octanol–water partition coefficient (Wildman–Crippen LogP) is 2.62. The predicted molar refractivity (Wildman–Crippen MR) is 109 cm³/mol. The van der Waals surface area contributed by atoms with E-state index in [1.165, 1.54) is 5.56 Å². The van der Waals surface area contributed by atoms with Crippen LogP contribution in [-0.2, 0) is 6.42 Å². The van der Waals surface area contributed by atoms with Gasteiger partial charge < -0.3 is 16.0 Å². The summed E-state index contributed by atoms with van der Waals surface area (Å²) in [6.45, 7) is 2.66. The maximum absolute atomic E-state index is 11.8. The summed E-state index contributed by atoms with van der Waals surface area (Å²) in [4.78, 5) is 23.0. The third-order valence-electron chi connectivity index (χ3n) is 4.36. The molecule has 0 fully saturated rings. The molecule has 2 aromatic carbocycles. The number of primary amides is 1. The van der Waals surface area contributed by atoms with Crippen LogP contribution >= 0.6 is 0 Å². The summed E-state index contributed by atoms with van der Waals surface area (Å²) in [6.07, 6.45) is 0.860. The molecule has 3 aromatic rings. The Morgan fingerprint density at radius 2 is 1.85 bits per heavy atom. The molecule has 0 aliphatic heterocycles. The Kier molecular flexibility index (Phi) is 5.66. The van der Waals surface area contributed by atoms with Crippen LogP contribution in [0.2, 0.25) is 0 Å². The number of anilines is 1. The molecule has 0 unspecified atom stereocenters. The molecule has 0 aliphatic rings. The quantitative estimate of drug-likeness (QED) is 0.674. The van der Waals surface area contributed by atoms with Crippen LogP contribution in [0, 0.1) is 6.92 Å². The summed E-state index contributed by atoms with van der Waals surface area (Å²) < 4.78 is 0. The molecular weight excluding hydrogens is 338 g/mol. The largest absolute Gasteiger partial charge is 0.366 e. The fraction of sp³-hybridized carbons (Fsp3) is 0.286. The Morgan fingerprint density at radius 1 is 1.11 bits per heavy atom. The molecule has 1 heterocycles. The first-order chi connectivity index (χ1) is 12.9. The highest BCUT2D eigenvalue weighted by Crippen LogP contribution is 2.24. The molecule has 3 N–H and O–H groups in total. The number of rotatable bonds is 7. The highest BCUT2D eigenvalue weighted by atomic mass is 16.1. The SMILES string of the molecule is Cc1nc(N[C@@H](Cc2ccccc2)CN(C)C)c2cccc(C(N)=O)c2n1. The Morgan fingerprint density at radius 3 is 2.52 bits per heavy atom. The first-order valence-corrected chi connectivity index (χ1v) is 8.96. The van der Waals surface area contributed by atoms with E-state index >= 15 is 0 Å². The van der Waals surface area contributed by atoms with Gasteiger partial charge in [-0.3, -0.25) is 4.79 Å². The topological polar surface area (TPSA) is 84.1 Å². The van der Waals surface area contributed by atoms with E-state index in [1.807, 2.05) is 51.4 Å². The number of hydrogen-bond acceptors (Lipinski definition) is 5. The van der Waals surface area contributed by atoms with Gasteiger partial charge in [0.15, 0.2) is 0 Å². The zero-order chi connectivity index (χ0) is 19.4. The molecule has 6 nitrogen and oxygen atoms in total. The minimum absolute atomic E-state index is 0.150. The summed E-state index contributed by atoms with van der Waals surface area (Å²) in [6, 6.07) is 15.9. The number of amides is 1. The smallest absolute Gasteiger partial charge is 0.250 e. The average molecular weight is 363 g/mol. The van der Waals surface area contributed by atoms with Gasteiger partial charge in [0.05, 0.1) is 11.1 Å². The summed E-state index contributed by atoms with van der Waals surface area (Å²) in [5.74, 6) is 0.837. The lowest BCUT2D eigenvalue weighted by atomic mass is 10.0. The van der Waals surface area contributed by atoms with Crippen molar-refractivity contribution in [2.45, 2.75) is 19.4 Å². The van der Waals surface area contributed by atoms with Gasteiger partial charge in [0.25, 0.3) is 5.91 Å². The molecule has 1 aromatic heterocycles. The molecule has 0 bridgehead atoms. The molecule has 0 saturated carbocycles. The van der Waals surface area contributed by atoms with Crippen LogP contribution in [0.4, 0.5) is 5.82 Å². The fourth-order valence-corrected chi connectivity index (χ4v) is 3.27. The number of nitrogens with two attached hydrogens (primary N) is 1. The Labute approximate surface area is 159 Å². The second-order valence-corrected chi connectivity index (χ2v) is 6.98. The number of carbonyl (C=O) groups excluding carboxylic acids is 1. The van der Waals surface area contributed by atoms with Gasteiger partial charge in [-0.2, -0.15) is 0 Å². The number of likely N-dealkylation sites (N-methyl/N-ethyl adjacent to an activating group) is 1. The number of para-hydroxylation sites is 1. The monoisotopic (exact) mass is 363 g/mol. The normalized spacial score (nSPS) is 12.3. The summed E-state index contributed by atoms with van der Waals surface area (Å²) in [5, 5.41) is 4.36. The first-order valence-electron chi connectivity index (χ1n) is 8.96. The van der Waals surface area contributed by atoms with Gasteiger partial charge in [0, 0.05) is 18.0 Å². The molecule has 0 radical (unpaired) electrons. The zero-order valence-corrected chi connectivity index (χ0v) is 15.9. The third kappa shape index (κ3) is 4.60. The Balaban J connectivity index is 1.99. The minimum atomic E-state index is -0.487. The lowest BCUT2D eigenvalue weighted by Crippen LogP contribution is -2.34. The van der Waals surface area contributed by atoms with Crippen LogP contribution in [0.3, 0.4) is 0 Å². The number of carbonyl (C=O) groups is 1. The van der Waals surface area contributed by atoms with Gasteiger partial charge in [-0.25, -0.2) is 9.97 Å². The van der Waals surface area contributed by atoms with Crippen molar-refractivity contribution in [3.63, 3.8) is 0 Å². The minimum Gasteiger partial charge on any atom is -0.366 e. The molecule has 0 saturated heterocycles. The molecule has 0 spiro atoms. The number of benzene rings is 2. The van der Waals surface area contributed by atoms with E-state index < -0.39 is 5.91 Å². The highest BCUT2D eigenvalue weighted by molar-refractivity contribution is 6.07. The molecule has 3 rings (SSSR count). The first kappa shape index (κ1) is 18.8. The van der Waals surface area contributed by atoms with E-state index in [0.29, 0.717) is 16.9 Å². The highest BCUT2D eigenvalue weighted by Gasteiger charge is 2.17. The molecule has 1 atom stereocenters. The standard InChI is InChI=1S/C21H25N5O/c1-14-23-19-17(20(22)27)10-7-11-18(19)21(24-14)25-16(13-26(2)3)12-15-8-5-4-6-9-15/h4-11,16H,12-13H2,1-3H3,(H2,22,27)(H,23,24,25)/t16-/m0/s1. The van der Waals surface area contributed by atoms with E-state index in [-0.39, 0.29) is 6.04 Å². The number of nitrogens with zero attached hydrogens (tertiary/aromatic N) is 3. The lowest BCUT2D eigenvalue weighted by molar-refractivity contribution is 0.100. The molecule has 140 valence electrons. The molecule has 27 heavy (non-hydrogen) atoms. The number of fused-ring (bicyclic) bond motifs is 1. The number of nitrogens with one attached hydrogen (secondary N) is 1. The van der Waals surface area contributed by atoms with Crippen LogP contribution in [0.5, 0.6) is 0 Å². The Hall–Kier alpha value is -2.99. The molecule has 6 heteroatoms. The van der Waals surface area contributed by atoms with Gasteiger partial charge in [0.1, 0.15) is 11.6 Å². The second-order valence-electron chi connectivity index (χ2n) is 6.98. The molecule has 1 amide bonds. The summed E-state index contributed by atoms with van der Waals surface area (Å²) >= 11 is 0. The van der Waals surface area contributed by atoms with Gasteiger partial charge >= 0.3 is 0 Å². The van der Waals surface area contributed by atoms with Crippen molar-refractivity contribution in [2.75, 3.05) is 26.0 Å². The van der Waals surface area contributed by atoms with Crippen LogP contribution in [0.15, 0.2) is 48.5 Å². The maximum Gasteiger partial charge on any atom is 0.250 e. The summed E-state index contributed by atoms with van der Waals surface area (Å²) in [7, 11) is 4.10. The van der Waals surface area contributed by atoms with Crippen molar-refractivity contribution < 1.29 is 4.79 Å². The van der Waals surface area contributed by atoms with Gasteiger partial charge in [0.2, 0.25) is 0 Å². The number of aromatic nitrogens is 2. The van der Waals surface area contributed by atoms with Gasteiger partial charge in [-0.15, -0.1) is 0 Å². The van der Waals surface area contributed by atoms with Crippen LogP contribution in [0.1, 0.15) is 21.7 Å². The van der Waals surface area contributed by atoms with Crippen molar-refractivity contribution in [3.05, 3.63) is 65.5 Å². The third-order valence-corrected chi connectivity index (χ3v) is 4.36. The maximum atomic E-state index is 11.8. The fourth-order valence-electron chi connectivity index (χ4n) is 3.27. The average Bonchev–Trinajstić information content (AvgIpc) is 2.61. The second kappa shape index (κ2) is 8.14. The zero-order valence-electron chi connectivity index (χ0n) is 15.9. The van der Waals surface area contributed by atoms with E-state index in [1.54, 1.807) is 6.07 Å². The van der Waals surface area contributed by atoms with Crippen LogP contribution < -0.4 is 11.1 Å². The lowest BCUT2D eigenvalue weighted by Gasteiger charge is -2.24. The van der Waals surface area contributed by atoms with Crippen LogP contribution in [0.25, 0.3) is 10.9 Å². The van der Waals surface area contributed by atoms with Crippen molar-refractivity contribution in [1.29, 1.82) is 0 Å². The summed E-state index contributed by atoms with van der Waals surface area (Å²) in [5.41, 5.74) is 7.77. The molecule has 0 aliphatic carbocycles. The van der Waals surface area contributed by atoms with Crippen molar-refractivity contribution in [3.8, 4) is 0 Å². The van der Waals surface area contributed by atoms with Crippen LogP contribution in [-0.4, -0.2) is 47.5 Å². The van der Waals surface area contributed by atoms with E-state index in [9.17, 15) is 4.79 Å². The Bertz CT molecular complexity index is 940. The van der Waals surface area contributed by atoms with E-state index in [4.69, 9.17) is 5.73 Å². The van der Waals surface area contributed by atoms with E-state index in [0.717, 1.165) is 24.2 Å². The van der Waals surface area contributed by atoms with E-state index in [2.05, 4.69) is 32.3 Å². The van der Waals surface area contributed by atoms with Gasteiger partial charge in [-0.1, -0.05) is 36.4 Å². The number of hydrogen-bond donors (Lipinski definition) is 2. The van der Waals surface area contributed by atoms with Crippen molar-refractivity contribution in [2.24, 2.45) is 5.73 Å². The number of aryl methyl sites for hydroxylation is 1. The van der Waals surface area contributed by atoms with Crippen molar-refractivity contribution >= 4 is 22.6 Å².